The molecule has 1 unspecified atom stereocenters. The Morgan fingerprint density at radius 1 is 0.951 bits per heavy atom. The van der Waals surface area contributed by atoms with Gasteiger partial charge in [0.05, 0.1) is 36.1 Å². The maximum absolute atomic E-state index is 13.3. The van der Waals surface area contributed by atoms with Crippen molar-refractivity contribution < 1.29 is 27.5 Å². The van der Waals surface area contributed by atoms with E-state index in [1.54, 1.807) is 30.3 Å². The van der Waals surface area contributed by atoms with Gasteiger partial charge in [0, 0.05) is 24.9 Å². The van der Waals surface area contributed by atoms with Gasteiger partial charge in [0.1, 0.15) is 0 Å². The Labute approximate surface area is 237 Å². The first kappa shape index (κ1) is 29.8. The topological polar surface area (TPSA) is 96.7 Å². The third-order valence-corrected chi connectivity index (χ3v) is 6.85. The van der Waals surface area contributed by atoms with Crippen LogP contribution in [0.5, 0.6) is 0 Å². The molecule has 4 rings (SSSR count). The number of para-hydroxylation sites is 2. The lowest BCUT2D eigenvalue weighted by atomic mass is 9.92. The molecule has 4 N–H and O–H groups in total. The van der Waals surface area contributed by atoms with Crippen molar-refractivity contribution >= 4 is 35.0 Å². The highest BCUT2D eigenvalue weighted by atomic mass is 19.4. The Balaban J connectivity index is 1.43. The van der Waals surface area contributed by atoms with Crippen molar-refractivity contribution in [1.82, 2.24) is 4.90 Å². The van der Waals surface area contributed by atoms with E-state index in [0.29, 0.717) is 36.7 Å². The lowest BCUT2D eigenvalue weighted by molar-refractivity contribution is -0.137. The van der Waals surface area contributed by atoms with Crippen LogP contribution in [0.4, 0.5) is 30.2 Å². The number of amides is 2. The molecule has 0 bridgehead atoms. The standard InChI is InChI=1S/C31H33F3N4O3/c32-31(33,34)24-12-14-25(15-13-24)36-30(40)26(4-3-17-38-18-20-41-21-19-38)23-10-7-22(8-11-23)9-16-29(39)37-28-6-2-1-5-27(28)35/h1-2,5-16,26H,3-4,17-21,35H2,(H,36,40)(H,37,39). The number of ether oxygens (including phenoxy) is 1. The molecule has 0 saturated carbocycles. The van der Waals surface area contributed by atoms with Crippen LogP contribution < -0.4 is 16.4 Å². The van der Waals surface area contributed by atoms with Crippen LogP contribution in [0.3, 0.4) is 0 Å². The van der Waals surface area contributed by atoms with E-state index < -0.39 is 17.7 Å². The molecule has 7 nitrogen and oxygen atoms in total. The number of nitrogens with one attached hydrogen (secondary N) is 2. The lowest BCUT2D eigenvalue weighted by Crippen LogP contribution is -2.37. The smallest absolute Gasteiger partial charge is 0.397 e. The maximum Gasteiger partial charge on any atom is 0.416 e. The van der Waals surface area contributed by atoms with E-state index in [1.807, 2.05) is 24.3 Å². The van der Waals surface area contributed by atoms with Gasteiger partial charge in [-0.3, -0.25) is 14.5 Å². The summed E-state index contributed by atoms with van der Waals surface area (Å²) in [6.07, 6.45) is -0.0711. The normalized spacial score (nSPS) is 15.0. The van der Waals surface area contributed by atoms with Crippen molar-refractivity contribution in [2.24, 2.45) is 0 Å². The Hall–Kier alpha value is -4.15. The van der Waals surface area contributed by atoms with Crippen LogP contribution >= 0.6 is 0 Å². The zero-order valence-corrected chi connectivity index (χ0v) is 22.5. The second-order valence-electron chi connectivity index (χ2n) is 9.79. The van der Waals surface area contributed by atoms with Crippen LogP contribution in [0.2, 0.25) is 0 Å². The number of anilines is 3. The van der Waals surface area contributed by atoms with Gasteiger partial charge in [-0.05, 0) is 73.0 Å². The Kier molecular flexibility index (Phi) is 10.2. The van der Waals surface area contributed by atoms with Crippen LogP contribution in [-0.4, -0.2) is 49.6 Å². The minimum atomic E-state index is -4.45. The summed E-state index contributed by atoms with van der Waals surface area (Å²) in [6.45, 7) is 3.87. The number of halogens is 3. The molecule has 0 spiro atoms. The van der Waals surface area contributed by atoms with Crippen molar-refractivity contribution in [3.05, 3.63) is 95.6 Å². The lowest BCUT2D eigenvalue weighted by Gasteiger charge is -2.27. The van der Waals surface area contributed by atoms with Crippen molar-refractivity contribution in [1.29, 1.82) is 0 Å². The van der Waals surface area contributed by atoms with Crippen molar-refractivity contribution in [2.45, 2.75) is 24.9 Å². The maximum atomic E-state index is 13.3. The number of hydrogen-bond donors (Lipinski definition) is 3. The summed E-state index contributed by atoms with van der Waals surface area (Å²) >= 11 is 0. The molecule has 0 aromatic heterocycles. The molecule has 1 fully saturated rings. The average molecular weight is 567 g/mol. The van der Waals surface area contributed by atoms with Gasteiger partial charge < -0.3 is 21.1 Å². The molecule has 1 atom stereocenters. The fourth-order valence-corrected chi connectivity index (χ4v) is 4.56. The molecule has 41 heavy (non-hydrogen) atoms. The van der Waals surface area contributed by atoms with Crippen LogP contribution in [-0.2, 0) is 20.5 Å². The molecular weight excluding hydrogens is 533 g/mol. The minimum Gasteiger partial charge on any atom is -0.397 e. The summed E-state index contributed by atoms with van der Waals surface area (Å²) in [4.78, 5) is 27.9. The SMILES string of the molecule is Nc1ccccc1NC(=O)C=Cc1ccc(C(CCCN2CCOCC2)C(=O)Nc2ccc(C(F)(F)F)cc2)cc1. The number of morpholine rings is 1. The summed E-state index contributed by atoms with van der Waals surface area (Å²) < 4.78 is 44.2. The molecular formula is C31H33F3N4O3. The highest BCUT2D eigenvalue weighted by Gasteiger charge is 2.30. The predicted molar refractivity (Wildman–Crippen MR) is 154 cm³/mol. The van der Waals surface area contributed by atoms with Gasteiger partial charge in [-0.15, -0.1) is 0 Å². The van der Waals surface area contributed by atoms with Crippen molar-refractivity contribution in [3.8, 4) is 0 Å². The number of rotatable bonds is 10. The average Bonchev–Trinajstić information content (AvgIpc) is 2.96. The number of nitrogen functional groups attached to an aromatic ring is 1. The van der Waals surface area contributed by atoms with Crippen molar-refractivity contribution in [2.75, 3.05) is 49.2 Å². The number of hydrogen-bond acceptors (Lipinski definition) is 5. The van der Waals surface area contributed by atoms with E-state index in [4.69, 9.17) is 10.5 Å². The summed E-state index contributed by atoms with van der Waals surface area (Å²) in [5, 5.41) is 5.51. The first-order valence-electron chi connectivity index (χ1n) is 13.4. The molecule has 1 heterocycles. The van der Waals surface area contributed by atoms with Crippen LogP contribution in [0.25, 0.3) is 6.08 Å². The van der Waals surface area contributed by atoms with Gasteiger partial charge in [-0.25, -0.2) is 0 Å². The molecule has 2 amide bonds. The summed E-state index contributed by atoms with van der Waals surface area (Å²) in [5.74, 6) is -1.14. The highest BCUT2D eigenvalue weighted by Crippen LogP contribution is 2.30. The molecule has 0 aliphatic carbocycles. The molecule has 0 radical (unpaired) electrons. The van der Waals surface area contributed by atoms with E-state index in [2.05, 4.69) is 15.5 Å². The van der Waals surface area contributed by atoms with E-state index in [-0.39, 0.29) is 11.8 Å². The van der Waals surface area contributed by atoms with Crippen LogP contribution in [0, 0.1) is 0 Å². The van der Waals surface area contributed by atoms with Gasteiger partial charge in [-0.1, -0.05) is 36.4 Å². The molecule has 3 aromatic carbocycles. The molecule has 216 valence electrons. The van der Waals surface area contributed by atoms with Gasteiger partial charge in [0.15, 0.2) is 0 Å². The molecule has 1 aliphatic rings. The third-order valence-electron chi connectivity index (χ3n) is 6.85. The van der Waals surface area contributed by atoms with Gasteiger partial charge in [-0.2, -0.15) is 13.2 Å². The minimum absolute atomic E-state index is 0.296. The Morgan fingerprint density at radius 2 is 1.63 bits per heavy atom. The zero-order valence-electron chi connectivity index (χ0n) is 22.5. The number of carbonyl (C=O) groups is 2. The molecule has 1 aliphatic heterocycles. The first-order chi connectivity index (χ1) is 19.7. The van der Waals surface area contributed by atoms with Gasteiger partial charge in [0.2, 0.25) is 11.8 Å². The fraction of sp³-hybridized carbons (Fsp3) is 0.290. The molecule has 3 aromatic rings. The number of nitrogens with zero attached hydrogens (tertiary/aromatic N) is 1. The third kappa shape index (κ3) is 8.92. The number of alkyl halides is 3. The molecule has 10 heteroatoms. The summed E-state index contributed by atoms with van der Waals surface area (Å²) in [7, 11) is 0. The van der Waals surface area contributed by atoms with Gasteiger partial charge in [0.25, 0.3) is 0 Å². The van der Waals surface area contributed by atoms with E-state index >= 15 is 0 Å². The predicted octanol–water partition coefficient (Wildman–Crippen LogP) is 5.77. The highest BCUT2D eigenvalue weighted by molar-refractivity contribution is 6.03. The van der Waals surface area contributed by atoms with Crippen LogP contribution in [0.15, 0.2) is 78.9 Å². The number of nitrogens with two attached hydrogens (primary N) is 1. The number of benzene rings is 3. The van der Waals surface area contributed by atoms with Crippen LogP contribution in [0.1, 0.15) is 35.4 Å². The Bertz CT molecular complexity index is 1340. The second-order valence-corrected chi connectivity index (χ2v) is 9.79. The van der Waals surface area contributed by atoms with Crippen molar-refractivity contribution in [3.63, 3.8) is 0 Å². The van der Waals surface area contributed by atoms with E-state index in [1.165, 1.54) is 18.2 Å². The molecule has 1 saturated heterocycles. The quantitative estimate of drug-likeness (QED) is 0.214. The number of carbonyl (C=O) groups excluding carboxylic acids is 2. The fourth-order valence-electron chi connectivity index (χ4n) is 4.56. The van der Waals surface area contributed by atoms with E-state index in [9.17, 15) is 22.8 Å². The largest absolute Gasteiger partial charge is 0.416 e. The monoisotopic (exact) mass is 566 g/mol. The zero-order chi connectivity index (χ0) is 29.2. The summed E-state index contributed by atoms with van der Waals surface area (Å²) in [5.41, 5.74) is 7.92. The van der Waals surface area contributed by atoms with Gasteiger partial charge >= 0.3 is 6.18 Å². The second kappa shape index (κ2) is 14.0. The first-order valence-corrected chi connectivity index (χ1v) is 13.4. The Morgan fingerprint density at radius 3 is 2.29 bits per heavy atom. The van der Waals surface area contributed by atoms with E-state index in [0.717, 1.165) is 49.3 Å². The summed E-state index contributed by atoms with van der Waals surface area (Å²) in [6, 6.07) is 18.7.